The van der Waals surface area contributed by atoms with Crippen molar-refractivity contribution >= 4 is 49.7 Å². The van der Waals surface area contributed by atoms with Crippen LogP contribution in [-0.4, -0.2) is 67.0 Å². The standard InChI is InChI=1S/C33H30N6O3S.ClH/c1-36(2)24-9-13-28-31(19-24)43-32-20-25(10-14-29(32)35-28)37(3)15-16-38(4)33(40)22-7-5-21(6-8-22)30-18-23-17-26(39(41)42)11-12-27(23)34-30;/h5-14,17-20H,15-16H2,1-4H3;1H. The molecule has 224 valence electrons. The van der Waals surface area contributed by atoms with E-state index in [-0.39, 0.29) is 24.0 Å². The minimum Gasteiger partial charge on any atom is -1.00 e. The number of non-ortho nitro benzene ring substituents is 1. The van der Waals surface area contributed by atoms with Gasteiger partial charge in [0.2, 0.25) is 5.36 Å². The number of amides is 1. The molecule has 0 saturated carbocycles. The van der Waals surface area contributed by atoms with Crippen molar-refractivity contribution in [2.45, 2.75) is 0 Å². The summed E-state index contributed by atoms with van der Waals surface area (Å²) in [5.74, 6) is -0.0553. The first-order chi connectivity index (χ1) is 20.7. The zero-order chi connectivity index (χ0) is 30.2. The number of anilines is 1. The van der Waals surface area contributed by atoms with E-state index in [4.69, 9.17) is 4.98 Å². The van der Waals surface area contributed by atoms with E-state index in [1.54, 1.807) is 28.4 Å². The molecule has 6 rings (SSSR count). The Morgan fingerprint density at radius 1 is 0.932 bits per heavy atom. The molecule has 9 nitrogen and oxygen atoms in total. The second-order valence-corrected chi connectivity index (χ2v) is 11.9. The van der Waals surface area contributed by atoms with Gasteiger partial charge in [-0.1, -0.05) is 12.1 Å². The Balaban J connectivity index is 0.00000384. The molecule has 0 unspecified atom stereocenters. The van der Waals surface area contributed by atoms with Gasteiger partial charge in [-0.25, -0.2) is 9.56 Å². The van der Waals surface area contributed by atoms with Gasteiger partial charge >= 0.3 is 0 Å². The molecule has 0 fully saturated rings. The van der Waals surface area contributed by atoms with Crippen LogP contribution in [0.2, 0.25) is 0 Å². The first kappa shape index (κ1) is 30.7. The van der Waals surface area contributed by atoms with Crippen LogP contribution in [0, 0.1) is 10.1 Å². The molecule has 1 amide bonds. The molecule has 0 bridgehead atoms. The van der Waals surface area contributed by atoms with Crippen molar-refractivity contribution in [3.63, 3.8) is 0 Å². The largest absolute Gasteiger partial charge is 1.00 e. The zero-order valence-electron chi connectivity index (χ0n) is 24.7. The Bertz CT molecular complexity index is 2050. The second kappa shape index (κ2) is 12.4. The molecule has 1 N–H and O–H groups in total. The molecule has 0 spiro atoms. The van der Waals surface area contributed by atoms with E-state index >= 15 is 0 Å². The van der Waals surface area contributed by atoms with Gasteiger partial charge in [0.05, 0.1) is 25.7 Å². The van der Waals surface area contributed by atoms with Gasteiger partial charge in [-0.3, -0.25) is 14.9 Å². The molecule has 4 aromatic rings. The second-order valence-electron chi connectivity index (χ2n) is 10.8. The summed E-state index contributed by atoms with van der Waals surface area (Å²) in [4.78, 5) is 37.1. The Morgan fingerprint density at radius 3 is 2.43 bits per heavy atom. The SMILES string of the molecule is CN(CCN(C)c1ccc2nc3ccc(=[N+](C)C)cc-3sc2c1)C(=O)c1ccc(-c2cc3cc([N+](=O)[O-])ccc3[nH]2)cc1.[Cl-]. The molecule has 44 heavy (non-hydrogen) atoms. The number of nitrogens with zero attached hydrogens (tertiary/aromatic N) is 5. The van der Waals surface area contributed by atoms with Crippen LogP contribution in [0.3, 0.4) is 0 Å². The number of carbonyl (C=O) groups is 1. The summed E-state index contributed by atoms with van der Waals surface area (Å²) in [6.45, 7) is 1.23. The lowest BCUT2D eigenvalue weighted by molar-refractivity contribution is -0.384. The Morgan fingerprint density at radius 2 is 1.70 bits per heavy atom. The van der Waals surface area contributed by atoms with Crippen molar-refractivity contribution in [2.24, 2.45) is 0 Å². The van der Waals surface area contributed by atoms with Gasteiger partial charge in [-0.2, -0.15) is 0 Å². The van der Waals surface area contributed by atoms with E-state index in [2.05, 4.69) is 50.9 Å². The van der Waals surface area contributed by atoms with Crippen molar-refractivity contribution in [1.82, 2.24) is 19.4 Å². The number of benzene rings is 4. The normalized spacial score (nSPS) is 11.0. The van der Waals surface area contributed by atoms with E-state index in [0.717, 1.165) is 54.0 Å². The molecular weight excluding hydrogens is 596 g/mol. The summed E-state index contributed by atoms with van der Waals surface area (Å²) in [5.41, 5.74) is 6.24. The molecule has 11 heteroatoms. The lowest BCUT2D eigenvalue weighted by Crippen LogP contribution is -3.00. The van der Waals surface area contributed by atoms with Gasteiger partial charge in [0.25, 0.3) is 11.6 Å². The van der Waals surface area contributed by atoms with Crippen LogP contribution in [0.15, 0.2) is 84.9 Å². The number of hydrogen-bond acceptors (Lipinski definition) is 6. The topological polar surface area (TPSA) is 98.4 Å². The van der Waals surface area contributed by atoms with Crippen molar-refractivity contribution in [1.29, 1.82) is 0 Å². The number of fused-ring (bicyclic) bond motifs is 3. The minimum atomic E-state index is -0.400. The molecule has 2 aliphatic rings. The van der Waals surface area contributed by atoms with E-state index in [0.29, 0.717) is 18.7 Å². The van der Waals surface area contributed by atoms with Crippen LogP contribution in [0.1, 0.15) is 10.4 Å². The third-order valence-corrected chi connectivity index (χ3v) is 8.77. The average molecular weight is 627 g/mol. The average Bonchev–Trinajstić information content (AvgIpc) is 3.45. The number of nitrogens with one attached hydrogen (secondary N) is 1. The first-order valence-corrected chi connectivity index (χ1v) is 14.7. The van der Waals surface area contributed by atoms with Gasteiger partial charge in [0.15, 0.2) is 0 Å². The molecular formula is C33H31ClN6O3S. The van der Waals surface area contributed by atoms with E-state index < -0.39 is 4.92 Å². The number of halogens is 1. The van der Waals surface area contributed by atoms with Crippen LogP contribution in [0.5, 0.6) is 0 Å². The molecule has 3 aromatic carbocycles. The Kier molecular flexibility index (Phi) is 8.66. The summed E-state index contributed by atoms with van der Waals surface area (Å²) in [7, 11) is 7.92. The zero-order valence-corrected chi connectivity index (χ0v) is 26.3. The fraction of sp³-hybridized carbons (Fsp3) is 0.182. The van der Waals surface area contributed by atoms with Crippen LogP contribution in [-0.2, 0) is 0 Å². The van der Waals surface area contributed by atoms with Crippen LogP contribution >= 0.6 is 11.3 Å². The number of carbonyl (C=O) groups excluding carboxylic acids is 1. The van der Waals surface area contributed by atoms with Gasteiger partial charge in [0, 0.05) is 79.3 Å². The highest BCUT2D eigenvalue weighted by atomic mass is 35.5. The lowest BCUT2D eigenvalue weighted by atomic mass is 10.1. The number of nitro groups is 1. The van der Waals surface area contributed by atoms with Crippen LogP contribution in [0.25, 0.3) is 42.9 Å². The van der Waals surface area contributed by atoms with Gasteiger partial charge in [-0.15, -0.1) is 11.3 Å². The fourth-order valence-electron chi connectivity index (χ4n) is 5.05. The quantitative estimate of drug-likeness (QED) is 0.127. The highest BCUT2D eigenvalue weighted by molar-refractivity contribution is 7.21. The number of H-pyrrole nitrogens is 1. The summed E-state index contributed by atoms with van der Waals surface area (Å²) >= 11 is 1.73. The first-order valence-electron chi connectivity index (χ1n) is 13.9. The van der Waals surface area contributed by atoms with Crippen molar-refractivity contribution in [2.75, 3.05) is 46.2 Å². The number of aromatic amines is 1. The summed E-state index contributed by atoms with van der Waals surface area (Å²) in [5, 5.41) is 13.0. The van der Waals surface area contributed by atoms with Gasteiger partial charge in [0.1, 0.15) is 14.1 Å². The maximum atomic E-state index is 13.2. The van der Waals surface area contributed by atoms with Crippen LogP contribution in [0.4, 0.5) is 11.4 Å². The van der Waals surface area contributed by atoms with Crippen molar-refractivity contribution < 1.29 is 22.1 Å². The molecule has 0 saturated heterocycles. The molecule has 1 aliphatic heterocycles. The Hall–Kier alpha value is -4.80. The summed E-state index contributed by atoms with van der Waals surface area (Å²) < 4.78 is 3.21. The Labute approximate surface area is 264 Å². The van der Waals surface area contributed by atoms with Crippen LogP contribution < -0.4 is 27.2 Å². The third-order valence-electron chi connectivity index (χ3n) is 7.68. The summed E-state index contributed by atoms with van der Waals surface area (Å²) in [6, 6.07) is 26.7. The smallest absolute Gasteiger partial charge is 0.270 e. The molecule has 2 heterocycles. The predicted molar refractivity (Wildman–Crippen MR) is 174 cm³/mol. The van der Waals surface area contributed by atoms with E-state index in [1.807, 2.05) is 58.5 Å². The predicted octanol–water partition coefficient (Wildman–Crippen LogP) is 2.70. The number of nitro benzene ring substituents is 1. The molecule has 0 atom stereocenters. The van der Waals surface area contributed by atoms with Gasteiger partial charge < -0.3 is 27.2 Å². The third kappa shape index (κ3) is 6.13. The molecule has 1 aliphatic carbocycles. The number of likely N-dealkylation sites (N-methyl/N-ethyl adjacent to an activating group) is 2. The highest BCUT2D eigenvalue weighted by Crippen LogP contribution is 2.32. The monoisotopic (exact) mass is 626 g/mol. The van der Waals surface area contributed by atoms with Crippen molar-refractivity contribution in [3.05, 3.63) is 106 Å². The summed E-state index contributed by atoms with van der Waals surface area (Å²) in [6.07, 6.45) is 0. The maximum Gasteiger partial charge on any atom is 0.270 e. The maximum absolute atomic E-state index is 13.2. The fourth-order valence-corrected chi connectivity index (χ4v) is 6.08. The lowest BCUT2D eigenvalue weighted by Gasteiger charge is -2.24. The number of hydrogen-bond donors (Lipinski definition) is 1. The van der Waals surface area contributed by atoms with Crippen molar-refractivity contribution in [3.8, 4) is 21.8 Å². The molecule has 0 radical (unpaired) electrons. The van der Waals surface area contributed by atoms with E-state index in [1.165, 1.54) is 6.07 Å². The highest BCUT2D eigenvalue weighted by Gasteiger charge is 2.15. The van der Waals surface area contributed by atoms with Gasteiger partial charge in [-0.05, 0) is 54.1 Å². The molecule has 1 aromatic heterocycles. The number of aromatic nitrogens is 2. The minimum absolute atomic E-state index is 0. The number of rotatable bonds is 7. The van der Waals surface area contributed by atoms with E-state index in [9.17, 15) is 14.9 Å².